The first-order valence-corrected chi connectivity index (χ1v) is 10.2. The number of hydrogen-bond donors (Lipinski definition) is 1. The van der Waals surface area contributed by atoms with Crippen molar-refractivity contribution >= 4 is 15.9 Å². The van der Waals surface area contributed by atoms with Gasteiger partial charge >= 0.3 is 6.03 Å². The topological polar surface area (TPSA) is 66.5 Å². The van der Waals surface area contributed by atoms with E-state index in [0.717, 1.165) is 6.42 Å². The van der Waals surface area contributed by atoms with E-state index in [1.807, 2.05) is 0 Å². The van der Waals surface area contributed by atoms with Gasteiger partial charge in [-0.2, -0.15) is 8.78 Å². The fourth-order valence-corrected chi connectivity index (χ4v) is 5.97. The molecule has 138 valence electrons. The second-order valence-corrected chi connectivity index (χ2v) is 9.28. The van der Waals surface area contributed by atoms with Gasteiger partial charge < -0.3 is 10.2 Å². The van der Waals surface area contributed by atoms with Crippen molar-refractivity contribution in [1.82, 2.24) is 10.2 Å². The highest BCUT2D eigenvalue weighted by Crippen LogP contribution is 2.40. The van der Waals surface area contributed by atoms with Crippen molar-refractivity contribution < 1.29 is 22.0 Å². The van der Waals surface area contributed by atoms with Crippen molar-refractivity contribution in [1.29, 1.82) is 0 Å². The van der Waals surface area contributed by atoms with E-state index < -0.39 is 33.8 Å². The minimum absolute atomic E-state index is 0.0873. The molecule has 0 radical (unpaired) electrons. The third-order valence-electron chi connectivity index (χ3n) is 5.08. The molecule has 3 rings (SSSR count). The number of urea groups is 1. The molecular formula is C17H22F2N2O3S. The van der Waals surface area contributed by atoms with Gasteiger partial charge in [-0.3, -0.25) is 0 Å². The number of nitrogens with one attached hydrogen (secondary N) is 1. The van der Waals surface area contributed by atoms with Gasteiger partial charge in [-0.05, 0) is 19.3 Å². The minimum atomic E-state index is -3.15. The summed E-state index contributed by atoms with van der Waals surface area (Å²) in [4.78, 5) is 13.8. The molecule has 1 spiro atoms. The molecule has 1 unspecified atom stereocenters. The van der Waals surface area contributed by atoms with Crippen molar-refractivity contribution in [2.75, 3.05) is 31.1 Å². The van der Waals surface area contributed by atoms with E-state index in [0.29, 0.717) is 25.9 Å². The Kier molecular flexibility index (Phi) is 4.74. The normalized spacial score (nSPS) is 25.9. The predicted octanol–water partition coefficient (Wildman–Crippen LogP) is 2.39. The molecule has 8 heteroatoms. The summed E-state index contributed by atoms with van der Waals surface area (Å²) in [5.74, 6) is -2.92. The lowest BCUT2D eigenvalue weighted by Crippen LogP contribution is -2.51. The van der Waals surface area contributed by atoms with Gasteiger partial charge in [0.25, 0.3) is 5.92 Å². The summed E-state index contributed by atoms with van der Waals surface area (Å²) in [6.45, 7) is -0.00282. The maximum Gasteiger partial charge on any atom is 0.317 e. The van der Waals surface area contributed by atoms with Crippen LogP contribution in [0.5, 0.6) is 0 Å². The lowest BCUT2D eigenvalue weighted by Gasteiger charge is -2.39. The average molecular weight is 372 g/mol. The van der Waals surface area contributed by atoms with Crippen molar-refractivity contribution in [2.45, 2.75) is 25.2 Å². The van der Waals surface area contributed by atoms with Gasteiger partial charge in [0.05, 0.1) is 18.1 Å². The number of carbonyl (C=O) groups is 1. The van der Waals surface area contributed by atoms with Crippen LogP contribution >= 0.6 is 0 Å². The number of hydrogen-bond acceptors (Lipinski definition) is 3. The summed E-state index contributed by atoms with van der Waals surface area (Å²) in [5.41, 5.74) is -0.552. The van der Waals surface area contributed by atoms with Crippen LogP contribution in [0.25, 0.3) is 0 Å². The molecule has 0 aliphatic carbocycles. The minimum Gasteiger partial charge on any atom is -0.332 e. The Hall–Kier alpha value is -1.70. The quantitative estimate of drug-likeness (QED) is 0.886. The van der Waals surface area contributed by atoms with Gasteiger partial charge in [0.2, 0.25) is 0 Å². The summed E-state index contributed by atoms with van der Waals surface area (Å²) < 4.78 is 51.9. The number of amides is 2. The molecule has 2 aliphatic rings. The monoisotopic (exact) mass is 372 g/mol. The highest BCUT2D eigenvalue weighted by atomic mass is 32.2. The van der Waals surface area contributed by atoms with Crippen LogP contribution in [0.15, 0.2) is 30.3 Å². The van der Waals surface area contributed by atoms with Crippen molar-refractivity contribution in [2.24, 2.45) is 5.41 Å². The van der Waals surface area contributed by atoms with Gasteiger partial charge in [0, 0.05) is 24.1 Å². The number of alkyl halides is 2. The Morgan fingerprint density at radius 3 is 2.60 bits per heavy atom. The predicted molar refractivity (Wildman–Crippen MR) is 90.2 cm³/mol. The molecule has 0 aromatic heterocycles. The van der Waals surface area contributed by atoms with Gasteiger partial charge in [-0.25, -0.2) is 13.2 Å². The maximum absolute atomic E-state index is 14.2. The van der Waals surface area contributed by atoms with Gasteiger partial charge in [0.15, 0.2) is 9.84 Å². The van der Waals surface area contributed by atoms with E-state index in [1.165, 1.54) is 29.2 Å². The zero-order chi connectivity index (χ0) is 18.1. The van der Waals surface area contributed by atoms with E-state index in [1.54, 1.807) is 6.07 Å². The van der Waals surface area contributed by atoms with Crippen LogP contribution < -0.4 is 5.32 Å². The maximum atomic E-state index is 14.2. The highest BCUT2D eigenvalue weighted by Gasteiger charge is 2.45. The number of rotatable bonds is 3. The number of nitrogens with zero attached hydrogens (tertiary/aromatic N) is 1. The van der Waals surface area contributed by atoms with Crippen LogP contribution in [-0.4, -0.2) is 50.5 Å². The van der Waals surface area contributed by atoms with Gasteiger partial charge in [0.1, 0.15) is 0 Å². The molecule has 1 aromatic carbocycles. The summed E-state index contributed by atoms with van der Waals surface area (Å²) in [7, 11) is -3.05. The molecule has 0 bridgehead atoms. The zero-order valence-electron chi connectivity index (χ0n) is 13.9. The summed E-state index contributed by atoms with van der Waals surface area (Å²) in [5, 5.41) is 2.31. The van der Waals surface area contributed by atoms with Crippen LogP contribution in [0.1, 0.15) is 24.8 Å². The fourth-order valence-electron chi connectivity index (χ4n) is 3.77. The molecule has 2 amide bonds. The fraction of sp³-hybridized carbons (Fsp3) is 0.588. The number of benzene rings is 1. The van der Waals surface area contributed by atoms with E-state index >= 15 is 0 Å². The van der Waals surface area contributed by atoms with Crippen LogP contribution in [0, 0.1) is 5.41 Å². The summed E-state index contributed by atoms with van der Waals surface area (Å²) in [6, 6.07) is 6.80. The first-order valence-electron chi connectivity index (χ1n) is 8.38. The third kappa shape index (κ3) is 4.11. The Bertz CT molecular complexity index is 740. The molecule has 2 saturated heterocycles. The summed E-state index contributed by atoms with van der Waals surface area (Å²) >= 11 is 0. The second kappa shape index (κ2) is 6.55. The molecule has 5 nitrogen and oxygen atoms in total. The Morgan fingerprint density at radius 2 is 1.96 bits per heavy atom. The first kappa shape index (κ1) is 18.1. The van der Waals surface area contributed by atoms with Gasteiger partial charge in [-0.15, -0.1) is 0 Å². The van der Waals surface area contributed by atoms with Crippen LogP contribution in [-0.2, 0) is 15.8 Å². The Morgan fingerprint density at radius 1 is 1.24 bits per heavy atom. The third-order valence-corrected chi connectivity index (χ3v) is 6.95. The molecule has 2 heterocycles. The number of halogens is 2. The molecule has 0 saturated carbocycles. The number of piperidine rings is 1. The van der Waals surface area contributed by atoms with E-state index in [9.17, 15) is 22.0 Å². The molecule has 1 aromatic rings. The lowest BCUT2D eigenvalue weighted by molar-refractivity contribution is -0.00238. The molecule has 2 aliphatic heterocycles. The SMILES string of the molecule is O=C(NCC(F)(F)c1ccccc1)N1CCCC2(CCS(=O)(=O)C2)C1. The van der Waals surface area contributed by atoms with Crippen LogP contribution in [0.2, 0.25) is 0 Å². The van der Waals surface area contributed by atoms with E-state index in [4.69, 9.17) is 0 Å². The highest BCUT2D eigenvalue weighted by molar-refractivity contribution is 7.91. The largest absolute Gasteiger partial charge is 0.332 e. The standard InChI is InChI=1S/C17H22F2N2O3S/c18-17(19,14-5-2-1-3-6-14)11-20-15(22)21-9-4-7-16(12-21)8-10-25(23,24)13-16/h1-3,5-6H,4,7-13H2,(H,20,22). The molecule has 2 fully saturated rings. The molecule has 25 heavy (non-hydrogen) atoms. The van der Waals surface area contributed by atoms with Crippen LogP contribution in [0.3, 0.4) is 0 Å². The molecular weight excluding hydrogens is 350 g/mol. The van der Waals surface area contributed by atoms with Crippen molar-refractivity contribution in [3.8, 4) is 0 Å². The van der Waals surface area contributed by atoms with Crippen LogP contribution in [0.4, 0.5) is 13.6 Å². The van der Waals surface area contributed by atoms with Crippen molar-refractivity contribution in [3.63, 3.8) is 0 Å². The first-order chi connectivity index (χ1) is 11.7. The average Bonchev–Trinajstić information content (AvgIpc) is 2.88. The number of likely N-dealkylation sites (tertiary alicyclic amines) is 1. The lowest BCUT2D eigenvalue weighted by atomic mass is 9.80. The van der Waals surface area contributed by atoms with E-state index in [-0.39, 0.29) is 17.1 Å². The smallest absolute Gasteiger partial charge is 0.317 e. The Balaban J connectivity index is 1.60. The summed E-state index contributed by atoms with van der Waals surface area (Å²) in [6.07, 6.45) is 1.99. The van der Waals surface area contributed by atoms with E-state index in [2.05, 4.69) is 5.32 Å². The number of sulfone groups is 1. The Labute approximate surface area is 146 Å². The van der Waals surface area contributed by atoms with Gasteiger partial charge in [-0.1, -0.05) is 30.3 Å². The zero-order valence-corrected chi connectivity index (χ0v) is 14.7. The second-order valence-electron chi connectivity index (χ2n) is 7.10. The molecule has 1 atom stereocenters. The number of carbonyl (C=O) groups excluding carboxylic acids is 1. The van der Waals surface area contributed by atoms with Crippen molar-refractivity contribution in [3.05, 3.63) is 35.9 Å². The molecule has 1 N–H and O–H groups in total.